The predicted octanol–water partition coefficient (Wildman–Crippen LogP) is 3.78. The summed E-state index contributed by atoms with van der Waals surface area (Å²) in [5.74, 6) is -0.451. The molecule has 0 aliphatic heterocycles. The van der Waals surface area contributed by atoms with Crippen LogP contribution < -0.4 is 4.74 Å². The zero-order valence-corrected chi connectivity index (χ0v) is 14.7. The summed E-state index contributed by atoms with van der Waals surface area (Å²) in [5, 5.41) is 0. The lowest BCUT2D eigenvalue weighted by Crippen LogP contribution is -2.12. The van der Waals surface area contributed by atoms with Gasteiger partial charge in [-0.05, 0) is 43.2 Å². The second kappa shape index (κ2) is 7.09. The fourth-order valence-electron chi connectivity index (χ4n) is 3.48. The molecule has 1 aliphatic rings. The molecule has 0 saturated heterocycles. The number of hydrogen-bond donors (Lipinski definition) is 0. The minimum atomic E-state index is -0.405. The van der Waals surface area contributed by atoms with Gasteiger partial charge in [-0.2, -0.15) is 0 Å². The van der Waals surface area contributed by atoms with Crippen LogP contribution in [-0.2, 0) is 9.53 Å². The Morgan fingerprint density at radius 1 is 1.04 bits per heavy atom. The molecule has 2 aromatic rings. The van der Waals surface area contributed by atoms with Crippen LogP contribution in [0.4, 0.5) is 0 Å². The van der Waals surface area contributed by atoms with E-state index in [0.29, 0.717) is 12.2 Å². The number of aryl methyl sites for hydroxylation is 1. The van der Waals surface area contributed by atoms with Gasteiger partial charge in [0, 0.05) is 17.4 Å². The van der Waals surface area contributed by atoms with E-state index in [4.69, 9.17) is 9.47 Å². The van der Waals surface area contributed by atoms with Crippen LogP contribution in [0.5, 0.6) is 5.75 Å². The third kappa shape index (κ3) is 3.29. The van der Waals surface area contributed by atoms with Gasteiger partial charge in [-0.25, -0.2) is 0 Å². The number of methoxy groups -OCH3 is 1. The summed E-state index contributed by atoms with van der Waals surface area (Å²) < 4.78 is 10.4. The summed E-state index contributed by atoms with van der Waals surface area (Å²) in [5.41, 5.74) is 2.51. The third-order valence-corrected chi connectivity index (χ3v) is 4.75. The molecular formula is C21H22O4. The fraction of sp³-hybridized carbons (Fsp3) is 0.333. The van der Waals surface area contributed by atoms with Crippen LogP contribution >= 0.6 is 0 Å². The number of hydrogen-bond acceptors (Lipinski definition) is 4. The number of esters is 1. The Bertz CT molecular complexity index is 782. The maximum absolute atomic E-state index is 13.0. The number of ketones is 1. The molecule has 1 aliphatic carbocycles. The van der Waals surface area contributed by atoms with Crippen molar-refractivity contribution in [1.82, 2.24) is 0 Å². The van der Waals surface area contributed by atoms with Crippen LogP contribution in [0.2, 0.25) is 0 Å². The van der Waals surface area contributed by atoms with E-state index in [2.05, 4.69) is 0 Å². The molecule has 3 rings (SSSR count). The Morgan fingerprint density at radius 3 is 2.36 bits per heavy atom. The van der Waals surface area contributed by atoms with E-state index in [1.807, 2.05) is 43.3 Å². The zero-order valence-electron chi connectivity index (χ0n) is 14.7. The highest BCUT2D eigenvalue weighted by molar-refractivity contribution is 6.04. The minimum Gasteiger partial charge on any atom is -0.496 e. The van der Waals surface area contributed by atoms with Crippen molar-refractivity contribution in [2.75, 3.05) is 13.7 Å². The third-order valence-electron chi connectivity index (χ3n) is 4.75. The molecule has 0 radical (unpaired) electrons. The Hall–Kier alpha value is -2.62. The molecule has 130 valence electrons. The maximum atomic E-state index is 13.0. The van der Waals surface area contributed by atoms with Crippen molar-refractivity contribution >= 4 is 11.8 Å². The Morgan fingerprint density at radius 2 is 1.76 bits per heavy atom. The number of ether oxygens (including phenoxy) is 2. The maximum Gasteiger partial charge on any atom is 0.310 e. The van der Waals surface area contributed by atoms with Crippen molar-refractivity contribution in [2.24, 2.45) is 11.8 Å². The fourth-order valence-corrected chi connectivity index (χ4v) is 3.48. The van der Waals surface area contributed by atoms with E-state index < -0.39 is 5.92 Å². The largest absolute Gasteiger partial charge is 0.496 e. The lowest BCUT2D eigenvalue weighted by molar-refractivity contribution is -0.145. The van der Waals surface area contributed by atoms with Crippen molar-refractivity contribution in [1.29, 1.82) is 0 Å². The Labute approximate surface area is 147 Å². The molecule has 25 heavy (non-hydrogen) atoms. The van der Waals surface area contributed by atoms with Gasteiger partial charge < -0.3 is 9.47 Å². The quantitative estimate of drug-likeness (QED) is 0.594. The van der Waals surface area contributed by atoms with E-state index in [1.165, 1.54) is 0 Å². The van der Waals surface area contributed by atoms with E-state index in [9.17, 15) is 9.59 Å². The molecule has 3 atom stereocenters. The summed E-state index contributed by atoms with van der Waals surface area (Å²) >= 11 is 0. The molecule has 0 bridgehead atoms. The van der Waals surface area contributed by atoms with E-state index in [1.54, 1.807) is 26.2 Å². The lowest BCUT2D eigenvalue weighted by atomic mass is 10.0. The highest BCUT2D eigenvalue weighted by atomic mass is 16.5. The molecule has 0 heterocycles. The predicted molar refractivity (Wildman–Crippen MR) is 94.9 cm³/mol. The minimum absolute atomic E-state index is 0.0161. The smallest absolute Gasteiger partial charge is 0.310 e. The van der Waals surface area contributed by atoms with Crippen LogP contribution in [0.25, 0.3) is 0 Å². The van der Waals surface area contributed by atoms with Crippen molar-refractivity contribution < 1.29 is 19.1 Å². The van der Waals surface area contributed by atoms with Gasteiger partial charge in [0.05, 0.1) is 19.6 Å². The molecule has 3 unspecified atom stereocenters. The molecule has 4 nitrogen and oxygen atoms in total. The number of Topliss-reactive ketones (excluding diaryl/α,β-unsaturated/α-hetero) is 1. The zero-order chi connectivity index (χ0) is 18.0. The average molecular weight is 338 g/mol. The molecule has 4 heteroatoms. The normalized spacial score (nSPS) is 21.5. The van der Waals surface area contributed by atoms with Gasteiger partial charge in [-0.3, -0.25) is 9.59 Å². The van der Waals surface area contributed by atoms with Gasteiger partial charge in [0.15, 0.2) is 5.78 Å². The van der Waals surface area contributed by atoms with Crippen molar-refractivity contribution in [3.05, 3.63) is 65.2 Å². The summed E-state index contributed by atoms with van der Waals surface area (Å²) in [4.78, 5) is 25.3. The van der Waals surface area contributed by atoms with Gasteiger partial charge >= 0.3 is 5.97 Å². The lowest BCUT2D eigenvalue weighted by Gasteiger charge is -2.07. The Balaban J connectivity index is 1.89. The van der Waals surface area contributed by atoms with Crippen LogP contribution in [0.15, 0.2) is 48.5 Å². The monoisotopic (exact) mass is 338 g/mol. The van der Waals surface area contributed by atoms with Gasteiger partial charge in [0.25, 0.3) is 0 Å². The van der Waals surface area contributed by atoms with Gasteiger partial charge in [0.1, 0.15) is 5.75 Å². The van der Waals surface area contributed by atoms with E-state index in [-0.39, 0.29) is 23.6 Å². The second-order valence-electron chi connectivity index (χ2n) is 6.29. The molecule has 0 amide bonds. The van der Waals surface area contributed by atoms with Crippen LogP contribution in [0, 0.1) is 18.8 Å². The molecule has 0 spiro atoms. The number of carbonyl (C=O) groups is 2. The van der Waals surface area contributed by atoms with E-state index >= 15 is 0 Å². The molecular weight excluding hydrogens is 316 g/mol. The summed E-state index contributed by atoms with van der Waals surface area (Å²) in [6.07, 6.45) is 0. The van der Waals surface area contributed by atoms with Crippen LogP contribution in [0.1, 0.15) is 34.3 Å². The molecule has 1 saturated carbocycles. The molecule has 1 fully saturated rings. The van der Waals surface area contributed by atoms with Gasteiger partial charge in [-0.15, -0.1) is 0 Å². The van der Waals surface area contributed by atoms with Crippen LogP contribution in [-0.4, -0.2) is 25.5 Å². The second-order valence-corrected chi connectivity index (χ2v) is 6.29. The molecule has 0 N–H and O–H groups in total. The first-order valence-corrected chi connectivity index (χ1v) is 8.49. The van der Waals surface area contributed by atoms with Gasteiger partial charge in [-0.1, -0.05) is 30.3 Å². The standard InChI is InChI=1S/C21H22O4/c1-4-25-21(23)19-17(14-8-6-5-7-9-14)18(19)20(22)15-10-11-16(24-3)13(2)12-15/h5-12,17-19H,4H2,1-3H3. The van der Waals surface area contributed by atoms with Gasteiger partial charge in [0.2, 0.25) is 0 Å². The first-order valence-electron chi connectivity index (χ1n) is 8.49. The Kier molecular flexibility index (Phi) is 4.88. The van der Waals surface area contributed by atoms with Crippen molar-refractivity contribution in [3.8, 4) is 5.75 Å². The SMILES string of the molecule is CCOC(=O)C1C(C(=O)c2ccc(OC)c(C)c2)C1c1ccccc1. The topological polar surface area (TPSA) is 52.6 Å². The number of rotatable bonds is 6. The van der Waals surface area contributed by atoms with Crippen molar-refractivity contribution in [3.63, 3.8) is 0 Å². The average Bonchev–Trinajstić information content (AvgIpc) is 3.37. The first kappa shape index (κ1) is 17.2. The summed E-state index contributed by atoms with van der Waals surface area (Å²) in [6, 6.07) is 15.1. The summed E-state index contributed by atoms with van der Waals surface area (Å²) in [6.45, 7) is 4.00. The number of carbonyl (C=O) groups excluding carboxylic acids is 2. The van der Waals surface area contributed by atoms with Crippen molar-refractivity contribution in [2.45, 2.75) is 19.8 Å². The number of benzene rings is 2. The summed E-state index contributed by atoms with van der Waals surface area (Å²) in [7, 11) is 1.60. The first-order chi connectivity index (χ1) is 12.1. The van der Waals surface area contributed by atoms with Crippen LogP contribution in [0.3, 0.4) is 0 Å². The highest BCUT2D eigenvalue weighted by Crippen LogP contribution is 2.56. The molecule has 0 aromatic heterocycles. The molecule has 2 aromatic carbocycles. The highest BCUT2D eigenvalue weighted by Gasteiger charge is 2.60. The van der Waals surface area contributed by atoms with E-state index in [0.717, 1.165) is 16.9 Å².